The van der Waals surface area contributed by atoms with Gasteiger partial charge in [0.25, 0.3) is 0 Å². The fourth-order valence-electron chi connectivity index (χ4n) is 2.11. The predicted octanol–water partition coefficient (Wildman–Crippen LogP) is 3.13. The van der Waals surface area contributed by atoms with Crippen LogP contribution in [0.25, 0.3) is 0 Å². The summed E-state index contributed by atoms with van der Waals surface area (Å²) >= 11 is 3.59. The second-order valence-electron chi connectivity index (χ2n) is 4.31. The van der Waals surface area contributed by atoms with E-state index in [4.69, 9.17) is 5.73 Å². The van der Waals surface area contributed by atoms with Crippen molar-refractivity contribution in [1.82, 2.24) is 0 Å². The third-order valence-electron chi connectivity index (χ3n) is 3.11. The first-order valence-electron chi connectivity index (χ1n) is 5.10. The van der Waals surface area contributed by atoms with E-state index in [0.717, 1.165) is 18.4 Å². The zero-order valence-corrected chi connectivity index (χ0v) is 10.3. The Bertz CT molecular complexity index is 336. The van der Waals surface area contributed by atoms with Crippen LogP contribution in [0.1, 0.15) is 29.0 Å². The first-order valence-corrected chi connectivity index (χ1v) is 5.89. The number of hydrogen-bond acceptors (Lipinski definition) is 1. The molecule has 76 valence electrons. The van der Waals surface area contributed by atoms with Gasteiger partial charge in [-0.3, -0.25) is 0 Å². The van der Waals surface area contributed by atoms with Crippen molar-refractivity contribution < 1.29 is 0 Å². The van der Waals surface area contributed by atoms with Gasteiger partial charge in [0, 0.05) is 4.47 Å². The van der Waals surface area contributed by atoms with Gasteiger partial charge in [-0.2, -0.15) is 0 Å². The van der Waals surface area contributed by atoms with Gasteiger partial charge in [0.05, 0.1) is 0 Å². The lowest BCUT2D eigenvalue weighted by molar-refractivity contribution is 0.809. The Morgan fingerprint density at radius 3 is 2.36 bits per heavy atom. The highest BCUT2D eigenvalue weighted by molar-refractivity contribution is 9.10. The van der Waals surface area contributed by atoms with E-state index in [1.807, 2.05) is 0 Å². The lowest BCUT2D eigenvalue weighted by Gasteiger charge is -2.07. The molecule has 0 aliphatic heterocycles. The van der Waals surface area contributed by atoms with Gasteiger partial charge < -0.3 is 5.73 Å². The maximum Gasteiger partial charge on any atom is 0.0233 e. The monoisotopic (exact) mass is 253 g/mol. The zero-order chi connectivity index (χ0) is 10.3. The molecule has 1 aromatic carbocycles. The van der Waals surface area contributed by atoms with Crippen molar-refractivity contribution in [3.8, 4) is 0 Å². The van der Waals surface area contributed by atoms with E-state index < -0.39 is 0 Å². The SMILES string of the molecule is Cc1cc([C@@H]2C[C@H]2CN)cc(C)c1Br. The first-order chi connectivity index (χ1) is 6.63. The van der Waals surface area contributed by atoms with Crippen molar-refractivity contribution >= 4 is 15.9 Å². The smallest absolute Gasteiger partial charge is 0.0233 e. The quantitative estimate of drug-likeness (QED) is 0.862. The Labute approximate surface area is 93.8 Å². The molecule has 1 fully saturated rings. The lowest BCUT2D eigenvalue weighted by atomic mass is 10.0. The lowest BCUT2D eigenvalue weighted by Crippen LogP contribution is -2.02. The minimum atomic E-state index is 0.727. The summed E-state index contributed by atoms with van der Waals surface area (Å²) in [6, 6.07) is 4.58. The van der Waals surface area contributed by atoms with Crippen LogP contribution in [0.5, 0.6) is 0 Å². The average Bonchev–Trinajstić information content (AvgIpc) is 2.92. The summed E-state index contributed by atoms with van der Waals surface area (Å²) in [6.45, 7) is 5.14. The summed E-state index contributed by atoms with van der Waals surface area (Å²) in [5.41, 5.74) is 9.80. The second kappa shape index (κ2) is 3.67. The Balaban J connectivity index is 2.28. The third kappa shape index (κ3) is 1.73. The molecule has 1 saturated carbocycles. The molecule has 1 nitrogen and oxygen atoms in total. The molecule has 2 atom stereocenters. The molecule has 1 aliphatic carbocycles. The van der Waals surface area contributed by atoms with Crippen LogP contribution in [0.4, 0.5) is 0 Å². The fraction of sp³-hybridized carbons (Fsp3) is 0.500. The number of hydrogen-bond donors (Lipinski definition) is 1. The van der Waals surface area contributed by atoms with Gasteiger partial charge in [0.2, 0.25) is 0 Å². The largest absolute Gasteiger partial charge is 0.330 e. The summed E-state index contributed by atoms with van der Waals surface area (Å²) in [5.74, 6) is 1.46. The van der Waals surface area contributed by atoms with Crippen LogP contribution >= 0.6 is 15.9 Å². The molecule has 0 amide bonds. The minimum absolute atomic E-state index is 0.727. The van der Waals surface area contributed by atoms with E-state index in [1.165, 1.54) is 27.6 Å². The molecule has 1 aliphatic rings. The van der Waals surface area contributed by atoms with E-state index >= 15 is 0 Å². The number of aryl methyl sites for hydroxylation is 2. The van der Waals surface area contributed by atoms with Crippen molar-refractivity contribution in [2.45, 2.75) is 26.2 Å². The maximum atomic E-state index is 5.66. The topological polar surface area (TPSA) is 26.0 Å². The van der Waals surface area contributed by atoms with Gasteiger partial charge in [-0.1, -0.05) is 28.1 Å². The highest BCUT2D eigenvalue weighted by Gasteiger charge is 2.37. The maximum absolute atomic E-state index is 5.66. The van der Waals surface area contributed by atoms with Crippen molar-refractivity contribution in [3.63, 3.8) is 0 Å². The molecule has 2 rings (SSSR count). The minimum Gasteiger partial charge on any atom is -0.330 e. The highest BCUT2D eigenvalue weighted by atomic mass is 79.9. The predicted molar refractivity (Wildman–Crippen MR) is 63.5 cm³/mol. The van der Waals surface area contributed by atoms with Crippen molar-refractivity contribution in [2.24, 2.45) is 11.7 Å². The van der Waals surface area contributed by atoms with Crippen molar-refractivity contribution in [1.29, 1.82) is 0 Å². The average molecular weight is 254 g/mol. The summed E-state index contributed by atoms with van der Waals surface area (Å²) in [5, 5.41) is 0. The molecule has 0 radical (unpaired) electrons. The van der Waals surface area contributed by atoms with E-state index in [-0.39, 0.29) is 0 Å². The van der Waals surface area contributed by atoms with E-state index in [2.05, 4.69) is 41.9 Å². The van der Waals surface area contributed by atoms with Crippen LogP contribution in [0.3, 0.4) is 0 Å². The molecule has 1 aromatic rings. The molecule has 0 bridgehead atoms. The summed E-state index contributed by atoms with van der Waals surface area (Å²) < 4.78 is 1.24. The Hall–Kier alpha value is -0.340. The molecule has 0 aromatic heterocycles. The van der Waals surface area contributed by atoms with Gasteiger partial charge in [-0.15, -0.1) is 0 Å². The van der Waals surface area contributed by atoms with Crippen LogP contribution in [-0.2, 0) is 0 Å². The molecule has 0 spiro atoms. The van der Waals surface area contributed by atoms with E-state index in [9.17, 15) is 0 Å². The Kier molecular flexibility index (Phi) is 2.67. The van der Waals surface area contributed by atoms with Gasteiger partial charge in [0.15, 0.2) is 0 Å². The van der Waals surface area contributed by atoms with Crippen LogP contribution in [0.15, 0.2) is 16.6 Å². The first kappa shape index (κ1) is 10.2. The molecule has 0 unspecified atom stereocenters. The zero-order valence-electron chi connectivity index (χ0n) is 8.68. The van der Waals surface area contributed by atoms with Crippen molar-refractivity contribution in [3.05, 3.63) is 33.3 Å². The van der Waals surface area contributed by atoms with Crippen LogP contribution in [0, 0.1) is 19.8 Å². The molecule has 0 heterocycles. The van der Waals surface area contributed by atoms with Gasteiger partial charge in [-0.25, -0.2) is 0 Å². The Morgan fingerprint density at radius 1 is 1.36 bits per heavy atom. The van der Waals surface area contributed by atoms with Crippen molar-refractivity contribution in [2.75, 3.05) is 6.54 Å². The van der Waals surface area contributed by atoms with Crippen LogP contribution in [-0.4, -0.2) is 6.54 Å². The normalized spacial score (nSPS) is 25.1. The number of rotatable bonds is 2. The van der Waals surface area contributed by atoms with Gasteiger partial charge in [-0.05, 0) is 55.3 Å². The summed E-state index contributed by atoms with van der Waals surface area (Å²) in [6.07, 6.45) is 1.27. The molecule has 14 heavy (non-hydrogen) atoms. The van der Waals surface area contributed by atoms with Gasteiger partial charge in [0.1, 0.15) is 0 Å². The van der Waals surface area contributed by atoms with E-state index in [1.54, 1.807) is 0 Å². The Morgan fingerprint density at radius 2 is 1.93 bits per heavy atom. The third-order valence-corrected chi connectivity index (χ3v) is 4.36. The standard InChI is InChI=1S/C12H16BrN/c1-7-3-9(4-8(2)12(7)13)11-5-10(11)6-14/h3-4,10-11H,5-6,14H2,1-2H3/t10-,11-/m0/s1. The number of nitrogens with two attached hydrogens (primary N) is 1. The molecule has 2 heteroatoms. The number of benzene rings is 1. The number of halogens is 1. The van der Waals surface area contributed by atoms with Crippen LogP contribution in [0.2, 0.25) is 0 Å². The summed E-state index contributed by atoms with van der Waals surface area (Å²) in [4.78, 5) is 0. The van der Waals surface area contributed by atoms with E-state index in [0.29, 0.717) is 0 Å². The molecular formula is C12H16BrN. The molecule has 2 N–H and O–H groups in total. The molecule has 0 saturated heterocycles. The summed E-state index contributed by atoms with van der Waals surface area (Å²) in [7, 11) is 0. The van der Waals surface area contributed by atoms with Crippen LogP contribution < -0.4 is 5.73 Å². The fourth-order valence-corrected chi connectivity index (χ4v) is 2.34. The highest BCUT2D eigenvalue weighted by Crippen LogP contribution is 2.47. The molecular weight excluding hydrogens is 238 g/mol. The second-order valence-corrected chi connectivity index (χ2v) is 5.10. The van der Waals surface area contributed by atoms with Gasteiger partial charge >= 0.3 is 0 Å².